The summed E-state index contributed by atoms with van der Waals surface area (Å²) in [6, 6.07) is 5.09. The van der Waals surface area contributed by atoms with Gasteiger partial charge in [0.05, 0.1) is 4.90 Å². The molecule has 1 saturated carbocycles. The zero-order valence-corrected chi connectivity index (χ0v) is 13.0. The summed E-state index contributed by atoms with van der Waals surface area (Å²) < 4.78 is 28.0. The van der Waals surface area contributed by atoms with Crippen molar-refractivity contribution in [3.05, 3.63) is 23.8 Å². The van der Waals surface area contributed by atoms with Gasteiger partial charge in [0.15, 0.2) is 0 Å². The van der Waals surface area contributed by atoms with Crippen molar-refractivity contribution in [2.24, 2.45) is 5.92 Å². The van der Waals surface area contributed by atoms with Crippen molar-refractivity contribution in [3.8, 4) is 0 Å². The summed E-state index contributed by atoms with van der Waals surface area (Å²) in [5.41, 5.74) is 6.96. The van der Waals surface area contributed by atoms with Crippen LogP contribution in [0.5, 0.6) is 0 Å². The van der Waals surface area contributed by atoms with E-state index in [4.69, 9.17) is 5.73 Å². The fourth-order valence-electron chi connectivity index (χ4n) is 3.04. The molecule has 1 aromatic carbocycles. The number of hydrogen-bond acceptors (Lipinski definition) is 3. The molecule has 1 aliphatic rings. The Morgan fingerprint density at radius 2 is 2.00 bits per heavy atom. The van der Waals surface area contributed by atoms with Crippen molar-refractivity contribution in [2.75, 3.05) is 5.73 Å². The molecule has 1 aromatic rings. The molecule has 20 heavy (non-hydrogen) atoms. The molecule has 0 aliphatic heterocycles. The summed E-state index contributed by atoms with van der Waals surface area (Å²) in [6.07, 6.45) is 5.36. The second-order valence-electron chi connectivity index (χ2n) is 5.65. The number of anilines is 1. The minimum absolute atomic E-state index is 0.0552. The first-order valence-corrected chi connectivity index (χ1v) is 8.81. The first-order chi connectivity index (χ1) is 9.45. The van der Waals surface area contributed by atoms with E-state index in [1.807, 2.05) is 0 Å². The molecule has 1 aliphatic carbocycles. The first-order valence-electron chi connectivity index (χ1n) is 7.33. The van der Waals surface area contributed by atoms with E-state index in [0.29, 0.717) is 22.1 Å². The van der Waals surface area contributed by atoms with Crippen molar-refractivity contribution in [3.63, 3.8) is 0 Å². The molecule has 0 bridgehead atoms. The molecule has 2 unspecified atom stereocenters. The van der Waals surface area contributed by atoms with Gasteiger partial charge in [0.2, 0.25) is 10.0 Å². The summed E-state index contributed by atoms with van der Waals surface area (Å²) in [6.45, 7) is 3.88. The Bertz CT molecular complexity index is 569. The van der Waals surface area contributed by atoms with E-state index in [1.54, 1.807) is 25.1 Å². The van der Waals surface area contributed by atoms with Gasteiger partial charge in [-0.25, -0.2) is 13.1 Å². The van der Waals surface area contributed by atoms with Gasteiger partial charge in [0.25, 0.3) is 0 Å². The third-order valence-electron chi connectivity index (χ3n) is 4.36. The molecule has 2 atom stereocenters. The molecule has 5 heteroatoms. The SMILES string of the molecule is CCC1CCCCC1NS(=O)(=O)c1cccc(N)c1C. The summed E-state index contributed by atoms with van der Waals surface area (Å²) in [5.74, 6) is 0.444. The lowest BCUT2D eigenvalue weighted by atomic mass is 9.83. The van der Waals surface area contributed by atoms with Crippen LogP contribution >= 0.6 is 0 Å². The number of nitrogens with two attached hydrogens (primary N) is 1. The number of rotatable bonds is 4. The van der Waals surface area contributed by atoms with E-state index >= 15 is 0 Å². The summed E-state index contributed by atoms with van der Waals surface area (Å²) >= 11 is 0. The first kappa shape index (κ1) is 15.3. The Balaban J connectivity index is 2.24. The Morgan fingerprint density at radius 3 is 2.70 bits per heavy atom. The van der Waals surface area contributed by atoms with Gasteiger partial charge < -0.3 is 5.73 Å². The molecule has 4 nitrogen and oxygen atoms in total. The number of sulfonamides is 1. The van der Waals surface area contributed by atoms with Gasteiger partial charge >= 0.3 is 0 Å². The van der Waals surface area contributed by atoms with Crippen LogP contribution in [0.2, 0.25) is 0 Å². The molecule has 1 fully saturated rings. The highest BCUT2D eigenvalue weighted by Crippen LogP contribution is 2.29. The van der Waals surface area contributed by atoms with Crippen LogP contribution in [0.15, 0.2) is 23.1 Å². The van der Waals surface area contributed by atoms with Crippen molar-refractivity contribution < 1.29 is 8.42 Å². The molecule has 0 heterocycles. The fourth-order valence-corrected chi connectivity index (χ4v) is 4.65. The molecule has 0 amide bonds. The predicted molar refractivity (Wildman–Crippen MR) is 81.9 cm³/mol. The van der Waals surface area contributed by atoms with E-state index in [2.05, 4.69) is 11.6 Å². The number of hydrogen-bond donors (Lipinski definition) is 2. The highest BCUT2D eigenvalue weighted by molar-refractivity contribution is 7.89. The van der Waals surface area contributed by atoms with Crippen LogP contribution < -0.4 is 10.5 Å². The fraction of sp³-hybridized carbons (Fsp3) is 0.600. The van der Waals surface area contributed by atoms with Crippen LogP contribution in [0.1, 0.15) is 44.6 Å². The molecule has 0 saturated heterocycles. The normalized spacial score (nSPS) is 23.7. The monoisotopic (exact) mass is 296 g/mol. The summed E-state index contributed by atoms with van der Waals surface area (Å²) in [5, 5.41) is 0. The molecule has 0 spiro atoms. The minimum atomic E-state index is -3.49. The van der Waals surface area contributed by atoms with Gasteiger partial charge in [0.1, 0.15) is 0 Å². The van der Waals surface area contributed by atoms with E-state index in [-0.39, 0.29) is 6.04 Å². The van der Waals surface area contributed by atoms with Crippen molar-refractivity contribution in [1.29, 1.82) is 0 Å². The van der Waals surface area contributed by atoms with Crippen LogP contribution in [0.25, 0.3) is 0 Å². The van der Waals surface area contributed by atoms with Crippen molar-refractivity contribution >= 4 is 15.7 Å². The lowest BCUT2D eigenvalue weighted by Gasteiger charge is -2.31. The lowest BCUT2D eigenvalue weighted by Crippen LogP contribution is -2.42. The zero-order valence-electron chi connectivity index (χ0n) is 12.2. The lowest BCUT2D eigenvalue weighted by molar-refractivity contribution is 0.282. The van der Waals surface area contributed by atoms with Crippen molar-refractivity contribution in [1.82, 2.24) is 4.72 Å². The summed E-state index contributed by atoms with van der Waals surface area (Å²) in [4.78, 5) is 0.304. The van der Waals surface area contributed by atoms with E-state index < -0.39 is 10.0 Å². The summed E-state index contributed by atoms with van der Waals surface area (Å²) in [7, 11) is -3.49. The topological polar surface area (TPSA) is 72.2 Å². The molecular weight excluding hydrogens is 272 g/mol. The average molecular weight is 296 g/mol. The van der Waals surface area contributed by atoms with Gasteiger partial charge in [-0.1, -0.05) is 32.3 Å². The standard InChI is InChI=1S/C15H24N2O2S/c1-3-12-7-4-5-9-14(12)17-20(18,19)15-10-6-8-13(16)11(15)2/h6,8,10,12,14,17H,3-5,7,9,16H2,1-2H3. The maximum Gasteiger partial charge on any atom is 0.241 e. The molecule has 2 rings (SSSR count). The Hall–Kier alpha value is -1.07. The van der Waals surface area contributed by atoms with Gasteiger partial charge in [-0.2, -0.15) is 0 Å². The zero-order chi connectivity index (χ0) is 14.8. The van der Waals surface area contributed by atoms with Crippen LogP contribution in [0, 0.1) is 12.8 Å². The second-order valence-corrected chi connectivity index (χ2v) is 7.33. The van der Waals surface area contributed by atoms with Gasteiger partial charge in [-0.3, -0.25) is 0 Å². The second kappa shape index (κ2) is 6.14. The number of nitrogens with one attached hydrogen (secondary N) is 1. The third kappa shape index (κ3) is 3.15. The third-order valence-corrected chi connectivity index (χ3v) is 5.99. The van der Waals surface area contributed by atoms with Gasteiger partial charge in [0, 0.05) is 11.7 Å². The number of benzene rings is 1. The van der Waals surface area contributed by atoms with Gasteiger partial charge in [-0.05, 0) is 43.4 Å². The van der Waals surface area contributed by atoms with E-state index in [1.165, 1.54) is 6.42 Å². The average Bonchev–Trinajstić information content (AvgIpc) is 2.42. The van der Waals surface area contributed by atoms with Crippen LogP contribution in [0.4, 0.5) is 5.69 Å². The highest BCUT2D eigenvalue weighted by Gasteiger charge is 2.29. The molecular formula is C15H24N2O2S. The van der Waals surface area contributed by atoms with Crippen molar-refractivity contribution in [2.45, 2.75) is 56.9 Å². The smallest absolute Gasteiger partial charge is 0.241 e. The molecule has 3 N–H and O–H groups in total. The largest absolute Gasteiger partial charge is 0.398 e. The Morgan fingerprint density at radius 1 is 1.30 bits per heavy atom. The maximum atomic E-state index is 12.6. The number of nitrogen functional groups attached to an aromatic ring is 1. The molecule has 112 valence electrons. The molecule has 0 aromatic heterocycles. The molecule has 0 radical (unpaired) electrons. The maximum absolute atomic E-state index is 12.6. The Labute approximate surface area is 121 Å². The van der Waals surface area contributed by atoms with Crippen LogP contribution in [-0.4, -0.2) is 14.5 Å². The predicted octanol–water partition coefficient (Wildman–Crippen LogP) is 2.82. The Kier molecular flexibility index (Phi) is 4.70. The van der Waals surface area contributed by atoms with E-state index in [9.17, 15) is 8.42 Å². The minimum Gasteiger partial charge on any atom is -0.398 e. The highest BCUT2D eigenvalue weighted by atomic mass is 32.2. The van der Waals surface area contributed by atoms with Crippen LogP contribution in [0.3, 0.4) is 0 Å². The van der Waals surface area contributed by atoms with Crippen LogP contribution in [-0.2, 0) is 10.0 Å². The van der Waals surface area contributed by atoms with E-state index in [0.717, 1.165) is 25.7 Å². The quantitative estimate of drug-likeness (QED) is 0.839. The van der Waals surface area contributed by atoms with Gasteiger partial charge in [-0.15, -0.1) is 0 Å².